The molecule has 0 aliphatic heterocycles. The van der Waals surface area contributed by atoms with E-state index >= 15 is 0 Å². The topological polar surface area (TPSA) is 39.1 Å². The molecule has 1 N–H and O–H groups in total. The Kier molecular flexibility index (Phi) is 3.96. The van der Waals surface area contributed by atoms with Crippen LogP contribution in [0.5, 0.6) is 0 Å². The van der Waals surface area contributed by atoms with Crippen molar-refractivity contribution in [2.24, 2.45) is 13.0 Å². The second-order valence-electron chi connectivity index (χ2n) is 4.64. The molecule has 16 heavy (non-hydrogen) atoms. The fourth-order valence-corrected chi connectivity index (χ4v) is 1.66. The molecule has 1 atom stereocenters. The molecule has 0 unspecified atom stereocenters. The van der Waals surface area contributed by atoms with E-state index in [1.165, 1.54) is 18.4 Å². The predicted octanol–water partition coefficient (Wildman–Crippen LogP) is 1.50. The average molecular weight is 223 g/mol. The molecule has 4 heteroatoms. The number of hydrogen-bond donors (Lipinski definition) is 1. The van der Waals surface area contributed by atoms with Gasteiger partial charge in [-0.25, -0.2) is 0 Å². The van der Waals surface area contributed by atoms with E-state index in [4.69, 9.17) is 4.74 Å². The number of aryl methyl sites for hydroxylation is 1. The first-order chi connectivity index (χ1) is 7.75. The van der Waals surface area contributed by atoms with Crippen LogP contribution in [0.3, 0.4) is 0 Å². The lowest BCUT2D eigenvalue weighted by atomic mass is 10.2. The minimum atomic E-state index is 0.346. The molecule has 1 fully saturated rings. The molecule has 1 aromatic heterocycles. The summed E-state index contributed by atoms with van der Waals surface area (Å²) in [5, 5.41) is 7.59. The van der Waals surface area contributed by atoms with Crippen molar-refractivity contribution in [3.8, 4) is 0 Å². The highest BCUT2D eigenvalue weighted by Gasteiger charge is 2.20. The normalized spacial score (nSPS) is 17.6. The Morgan fingerprint density at radius 1 is 1.62 bits per heavy atom. The Balaban J connectivity index is 1.57. The maximum absolute atomic E-state index is 5.57. The van der Waals surface area contributed by atoms with E-state index in [-0.39, 0.29) is 0 Å². The van der Waals surface area contributed by atoms with Crippen molar-refractivity contribution in [2.45, 2.75) is 25.8 Å². The molecular weight excluding hydrogens is 202 g/mol. The summed E-state index contributed by atoms with van der Waals surface area (Å²) in [6, 6.07) is 0.346. The van der Waals surface area contributed by atoms with E-state index in [0.717, 1.165) is 25.7 Å². The van der Waals surface area contributed by atoms with Crippen LogP contribution in [0.25, 0.3) is 0 Å². The zero-order chi connectivity index (χ0) is 11.4. The summed E-state index contributed by atoms with van der Waals surface area (Å²) in [5.74, 6) is 0.857. The van der Waals surface area contributed by atoms with Crippen LogP contribution in [0.1, 0.15) is 31.4 Å². The first-order valence-electron chi connectivity index (χ1n) is 6.05. The largest absolute Gasteiger partial charge is 0.380 e. The van der Waals surface area contributed by atoms with Crippen LogP contribution < -0.4 is 5.32 Å². The third-order valence-electron chi connectivity index (χ3n) is 2.97. The highest BCUT2D eigenvalue weighted by Crippen LogP contribution is 2.28. The van der Waals surface area contributed by atoms with E-state index < -0.39 is 0 Å². The van der Waals surface area contributed by atoms with Crippen LogP contribution in [-0.4, -0.2) is 29.5 Å². The summed E-state index contributed by atoms with van der Waals surface area (Å²) >= 11 is 0. The molecular formula is C12H21N3O. The van der Waals surface area contributed by atoms with Crippen LogP contribution in [0, 0.1) is 5.92 Å². The summed E-state index contributed by atoms with van der Waals surface area (Å²) < 4.78 is 7.40. The lowest BCUT2D eigenvalue weighted by Gasteiger charge is -2.11. The molecule has 0 amide bonds. The molecule has 0 saturated heterocycles. The number of rotatable bonds is 7. The number of hydrogen-bond acceptors (Lipinski definition) is 3. The van der Waals surface area contributed by atoms with Gasteiger partial charge in [0, 0.05) is 38.0 Å². The van der Waals surface area contributed by atoms with Gasteiger partial charge in [-0.15, -0.1) is 0 Å². The van der Waals surface area contributed by atoms with Crippen molar-refractivity contribution in [1.82, 2.24) is 15.1 Å². The van der Waals surface area contributed by atoms with Crippen LogP contribution >= 0.6 is 0 Å². The standard InChI is InChI=1S/C12H21N3O/c1-10(12-7-14-15(2)8-12)13-5-6-16-9-11-3-4-11/h7-8,10-11,13H,3-6,9H2,1-2H3/t10-/m0/s1. The fraction of sp³-hybridized carbons (Fsp3) is 0.750. The van der Waals surface area contributed by atoms with Crippen LogP contribution in [0.2, 0.25) is 0 Å². The van der Waals surface area contributed by atoms with Gasteiger partial charge in [-0.05, 0) is 25.7 Å². The monoisotopic (exact) mass is 223 g/mol. The predicted molar refractivity (Wildman–Crippen MR) is 63.2 cm³/mol. The van der Waals surface area contributed by atoms with Crippen LogP contribution in [-0.2, 0) is 11.8 Å². The second kappa shape index (κ2) is 5.46. The van der Waals surface area contributed by atoms with Gasteiger partial charge in [-0.3, -0.25) is 4.68 Å². The minimum Gasteiger partial charge on any atom is -0.380 e. The molecule has 0 spiro atoms. The zero-order valence-electron chi connectivity index (χ0n) is 10.1. The van der Waals surface area contributed by atoms with Gasteiger partial charge >= 0.3 is 0 Å². The molecule has 4 nitrogen and oxygen atoms in total. The maximum atomic E-state index is 5.57. The molecule has 1 heterocycles. The number of nitrogens with one attached hydrogen (secondary N) is 1. The Morgan fingerprint density at radius 3 is 3.06 bits per heavy atom. The third kappa shape index (κ3) is 3.61. The van der Waals surface area contributed by atoms with Crippen LogP contribution in [0.15, 0.2) is 12.4 Å². The van der Waals surface area contributed by atoms with E-state index in [0.29, 0.717) is 6.04 Å². The molecule has 1 aliphatic rings. The quantitative estimate of drug-likeness (QED) is 0.712. The number of nitrogens with zero attached hydrogens (tertiary/aromatic N) is 2. The molecule has 0 radical (unpaired) electrons. The van der Waals surface area contributed by atoms with E-state index in [9.17, 15) is 0 Å². The summed E-state index contributed by atoms with van der Waals surface area (Å²) in [6.07, 6.45) is 6.67. The minimum absolute atomic E-state index is 0.346. The van der Waals surface area contributed by atoms with Gasteiger partial charge in [0.05, 0.1) is 12.8 Å². The molecule has 0 bridgehead atoms. The van der Waals surface area contributed by atoms with Gasteiger partial charge in [0.2, 0.25) is 0 Å². The van der Waals surface area contributed by atoms with Crippen molar-refractivity contribution in [2.75, 3.05) is 19.8 Å². The summed E-state index contributed by atoms with van der Waals surface area (Å²) in [6.45, 7) is 4.81. The van der Waals surface area contributed by atoms with Gasteiger partial charge in [0.15, 0.2) is 0 Å². The Morgan fingerprint density at radius 2 is 2.44 bits per heavy atom. The summed E-state index contributed by atoms with van der Waals surface area (Å²) in [4.78, 5) is 0. The van der Waals surface area contributed by atoms with Crippen molar-refractivity contribution in [1.29, 1.82) is 0 Å². The number of aromatic nitrogens is 2. The molecule has 1 aliphatic carbocycles. The van der Waals surface area contributed by atoms with Crippen molar-refractivity contribution < 1.29 is 4.74 Å². The Hall–Kier alpha value is -0.870. The first kappa shape index (κ1) is 11.6. The van der Waals surface area contributed by atoms with Crippen molar-refractivity contribution in [3.05, 3.63) is 18.0 Å². The summed E-state index contributed by atoms with van der Waals surface area (Å²) in [7, 11) is 1.94. The number of ether oxygens (including phenoxy) is 1. The van der Waals surface area contributed by atoms with Gasteiger partial charge < -0.3 is 10.1 Å². The fourth-order valence-electron chi connectivity index (χ4n) is 1.66. The molecule has 1 aromatic rings. The Bertz CT molecular complexity index is 320. The van der Waals surface area contributed by atoms with Crippen molar-refractivity contribution >= 4 is 0 Å². The van der Waals surface area contributed by atoms with Crippen LogP contribution in [0.4, 0.5) is 0 Å². The average Bonchev–Trinajstić information content (AvgIpc) is 2.99. The zero-order valence-corrected chi connectivity index (χ0v) is 10.1. The van der Waals surface area contributed by atoms with Crippen molar-refractivity contribution in [3.63, 3.8) is 0 Å². The summed E-state index contributed by atoms with van der Waals surface area (Å²) in [5.41, 5.74) is 1.23. The SMILES string of the molecule is C[C@H](NCCOCC1CC1)c1cnn(C)c1. The lowest BCUT2D eigenvalue weighted by Crippen LogP contribution is -2.23. The van der Waals surface area contributed by atoms with Gasteiger partial charge in [-0.2, -0.15) is 5.10 Å². The van der Waals surface area contributed by atoms with E-state index in [1.54, 1.807) is 0 Å². The highest BCUT2D eigenvalue weighted by atomic mass is 16.5. The van der Waals surface area contributed by atoms with E-state index in [2.05, 4.69) is 17.3 Å². The van der Waals surface area contributed by atoms with Gasteiger partial charge in [-0.1, -0.05) is 0 Å². The molecule has 2 rings (SSSR count). The highest BCUT2D eigenvalue weighted by molar-refractivity contribution is 5.08. The molecule has 1 saturated carbocycles. The lowest BCUT2D eigenvalue weighted by molar-refractivity contribution is 0.124. The maximum Gasteiger partial charge on any atom is 0.0591 e. The first-order valence-corrected chi connectivity index (χ1v) is 6.05. The second-order valence-corrected chi connectivity index (χ2v) is 4.64. The van der Waals surface area contributed by atoms with Gasteiger partial charge in [0.25, 0.3) is 0 Å². The molecule has 0 aromatic carbocycles. The smallest absolute Gasteiger partial charge is 0.0591 e. The van der Waals surface area contributed by atoms with Gasteiger partial charge in [0.1, 0.15) is 0 Å². The molecule has 90 valence electrons. The Labute approximate surface area is 97.0 Å². The van der Waals surface area contributed by atoms with E-state index in [1.807, 2.05) is 24.1 Å². The third-order valence-corrected chi connectivity index (χ3v) is 2.97.